The van der Waals surface area contributed by atoms with E-state index in [0.717, 1.165) is 25.7 Å². The monoisotopic (exact) mass is 299 g/mol. The molecule has 21 heavy (non-hydrogen) atoms. The van der Waals surface area contributed by atoms with E-state index in [4.69, 9.17) is 10.8 Å². The van der Waals surface area contributed by atoms with E-state index in [1.54, 1.807) is 0 Å². The molecule has 120 valence electrons. The van der Waals surface area contributed by atoms with E-state index >= 15 is 0 Å². The minimum atomic E-state index is -1.17. The van der Waals surface area contributed by atoms with E-state index in [1.807, 2.05) is 0 Å². The van der Waals surface area contributed by atoms with Crippen molar-refractivity contribution < 1.29 is 19.5 Å². The highest BCUT2D eigenvalue weighted by Crippen LogP contribution is 2.22. The number of carbonyl (C=O) groups is 3. The molecule has 0 heterocycles. The second-order valence-corrected chi connectivity index (χ2v) is 5.74. The first-order valence-corrected chi connectivity index (χ1v) is 7.48. The van der Waals surface area contributed by atoms with E-state index in [0.29, 0.717) is 5.92 Å². The van der Waals surface area contributed by atoms with Gasteiger partial charge in [-0.1, -0.05) is 26.2 Å². The molecule has 0 aromatic rings. The van der Waals surface area contributed by atoms with Crippen molar-refractivity contribution in [3.63, 3.8) is 0 Å². The normalized spacial score (nSPS) is 23.7. The lowest BCUT2D eigenvalue weighted by atomic mass is 9.97. The summed E-state index contributed by atoms with van der Waals surface area (Å²) in [6.45, 7) is 2.10. The minimum Gasteiger partial charge on any atom is -0.480 e. The Hall–Kier alpha value is -1.79. The first-order valence-electron chi connectivity index (χ1n) is 7.48. The zero-order valence-electron chi connectivity index (χ0n) is 12.4. The Balaban J connectivity index is 2.48. The zero-order valence-corrected chi connectivity index (χ0v) is 12.4. The second kappa shape index (κ2) is 8.49. The molecule has 1 fully saturated rings. The molecule has 1 aliphatic carbocycles. The van der Waals surface area contributed by atoms with Crippen LogP contribution in [-0.2, 0) is 9.59 Å². The van der Waals surface area contributed by atoms with Crippen molar-refractivity contribution in [1.82, 2.24) is 10.6 Å². The minimum absolute atomic E-state index is 0.00168. The predicted molar refractivity (Wildman–Crippen MR) is 77.6 cm³/mol. The van der Waals surface area contributed by atoms with Gasteiger partial charge < -0.3 is 21.5 Å². The van der Waals surface area contributed by atoms with Crippen LogP contribution in [0, 0.1) is 5.92 Å². The number of urea groups is 1. The van der Waals surface area contributed by atoms with Gasteiger partial charge in [0.25, 0.3) is 0 Å². The fourth-order valence-electron chi connectivity index (χ4n) is 2.62. The highest BCUT2D eigenvalue weighted by atomic mass is 16.4. The van der Waals surface area contributed by atoms with E-state index in [2.05, 4.69) is 17.6 Å². The van der Waals surface area contributed by atoms with Crippen LogP contribution in [0.5, 0.6) is 0 Å². The van der Waals surface area contributed by atoms with Gasteiger partial charge in [0.05, 0.1) is 0 Å². The maximum atomic E-state index is 11.9. The number of rotatable bonds is 6. The molecule has 0 radical (unpaired) electrons. The van der Waals surface area contributed by atoms with Crippen molar-refractivity contribution in [1.29, 1.82) is 0 Å². The van der Waals surface area contributed by atoms with Crippen molar-refractivity contribution in [2.24, 2.45) is 11.7 Å². The lowest BCUT2D eigenvalue weighted by molar-refractivity contribution is -0.139. The molecule has 0 bridgehead atoms. The Bertz CT molecular complexity index is 386. The van der Waals surface area contributed by atoms with Gasteiger partial charge in [0.1, 0.15) is 6.04 Å². The molecule has 3 amide bonds. The summed E-state index contributed by atoms with van der Waals surface area (Å²) in [5.41, 5.74) is 5.00. The van der Waals surface area contributed by atoms with Crippen LogP contribution in [0.4, 0.5) is 4.79 Å². The van der Waals surface area contributed by atoms with Crippen LogP contribution in [0.25, 0.3) is 0 Å². The fourth-order valence-corrected chi connectivity index (χ4v) is 2.62. The Labute approximate surface area is 124 Å². The van der Waals surface area contributed by atoms with E-state index in [9.17, 15) is 14.4 Å². The van der Waals surface area contributed by atoms with E-state index in [1.165, 1.54) is 6.42 Å². The van der Waals surface area contributed by atoms with Gasteiger partial charge in [0.15, 0.2) is 0 Å². The van der Waals surface area contributed by atoms with Crippen LogP contribution in [-0.4, -0.2) is 35.1 Å². The maximum Gasteiger partial charge on any atom is 0.326 e. The molecule has 1 aliphatic rings. The summed E-state index contributed by atoms with van der Waals surface area (Å²) in [5, 5.41) is 14.3. The molecule has 7 nitrogen and oxygen atoms in total. The van der Waals surface area contributed by atoms with Gasteiger partial charge in [-0.05, 0) is 25.2 Å². The molecular weight excluding hydrogens is 274 g/mol. The number of carboxylic acid groups (broad SMARTS) is 1. The molecule has 7 heteroatoms. The summed E-state index contributed by atoms with van der Waals surface area (Å²) < 4.78 is 0. The molecule has 1 saturated carbocycles. The van der Waals surface area contributed by atoms with Crippen LogP contribution in [0.3, 0.4) is 0 Å². The summed E-state index contributed by atoms with van der Waals surface area (Å²) in [5.74, 6) is -1.37. The zero-order chi connectivity index (χ0) is 15.8. The number of carboxylic acids is 1. The van der Waals surface area contributed by atoms with Crippen LogP contribution in [0.1, 0.15) is 51.9 Å². The molecule has 5 N–H and O–H groups in total. The van der Waals surface area contributed by atoms with Crippen molar-refractivity contribution in [2.75, 3.05) is 0 Å². The Morgan fingerprint density at radius 3 is 2.52 bits per heavy atom. The van der Waals surface area contributed by atoms with E-state index in [-0.39, 0.29) is 18.9 Å². The maximum absolute atomic E-state index is 11.9. The lowest BCUT2D eigenvalue weighted by Gasteiger charge is -2.24. The number of hydrogen-bond acceptors (Lipinski definition) is 3. The summed E-state index contributed by atoms with van der Waals surface area (Å²) in [6.07, 6.45) is 5.30. The molecule has 3 unspecified atom stereocenters. The Kier molecular flexibility index (Phi) is 6.98. The van der Waals surface area contributed by atoms with Gasteiger partial charge >= 0.3 is 12.0 Å². The van der Waals surface area contributed by atoms with Crippen LogP contribution >= 0.6 is 0 Å². The standard InChI is InChI=1S/C14H25N3O4/c1-9-5-3-2-4-6-10(9)16-14(21)17-11(13(19)20)7-8-12(15)18/h9-11H,2-8H2,1H3,(H2,15,18)(H,19,20)(H2,16,17,21). The molecule has 0 aromatic heterocycles. The first-order chi connectivity index (χ1) is 9.90. The largest absolute Gasteiger partial charge is 0.480 e. The summed E-state index contributed by atoms with van der Waals surface area (Å²) in [6, 6.07) is -1.53. The third-order valence-electron chi connectivity index (χ3n) is 3.96. The summed E-state index contributed by atoms with van der Waals surface area (Å²) in [4.78, 5) is 33.7. The summed E-state index contributed by atoms with van der Waals surface area (Å²) >= 11 is 0. The smallest absolute Gasteiger partial charge is 0.326 e. The molecule has 0 aliphatic heterocycles. The van der Waals surface area contributed by atoms with Crippen molar-refractivity contribution in [3.8, 4) is 0 Å². The molecular formula is C14H25N3O4. The Morgan fingerprint density at radius 2 is 1.90 bits per heavy atom. The van der Waals surface area contributed by atoms with Crippen LogP contribution in [0.15, 0.2) is 0 Å². The number of primary amides is 1. The predicted octanol–water partition coefficient (Wildman–Crippen LogP) is 0.973. The molecule has 0 spiro atoms. The number of aliphatic carboxylic acids is 1. The van der Waals surface area contributed by atoms with E-state index < -0.39 is 23.9 Å². The molecule has 0 aromatic carbocycles. The fraction of sp³-hybridized carbons (Fsp3) is 0.786. The quantitative estimate of drug-likeness (QED) is 0.546. The SMILES string of the molecule is CC1CCCCCC1NC(=O)NC(CCC(N)=O)C(=O)O. The van der Waals surface area contributed by atoms with Gasteiger partial charge in [-0.2, -0.15) is 0 Å². The lowest BCUT2D eigenvalue weighted by Crippen LogP contribution is -2.50. The number of nitrogens with two attached hydrogens (primary N) is 1. The topological polar surface area (TPSA) is 122 Å². The molecule has 0 saturated heterocycles. The number of amides is 3. The number of hydrogen-bond donors (Lipinski definition) is 4. The average Bonchev–Trinajstić information content (AvgIpc) is 2.59. The van der Waals surface area contributed by atoms with Crippen LogP contribution < -0.4 is 16.4 Å². The molecule has 1 rings (SSSR count). The van der Waals surface area contributed by atoms with Crippen molar-refractivity contribution in [2.45, 2.75) is 64.0 Å². The van der Waals surface area contributed by atoms with Crippen molar-refractivity contribution >= 4 is 17.9 Å². The highest BCUT2D eigenvalue weighted by Gasteiger charge is 2.25. The first kappa shape index (κ1) is 17.3. The Morgan fingerprint density at radius 1 is 1.24 bits per heavy atom. The van der Waals surface area contributed by atoms with Crippen LogP contribution in [0.2, 0.25) is 0 Å². The van der Waals surface area contributed by atoms with Crippen molar-refractivity contribution in [3.05, 3.63) is 0 Å². The van der Waals surface area contributed by atoms with Gasteiger partial charge in [-0.25, -0.2) is 9.59 Å². The average molecular weight is 299 g/mol. The van der Waals surface area contributed by atoms with Gasteiger partial charge in [-0.3, -0.25) is 4.79 Å². The third kappa shape index (κ3) is 6.46. The van der Waals surface area contributed by atoms with Gasteiger partial charge in [0, 0.05) is 12.5 Å². The summed E-state index contributed by atoms with van der Waals surface area (Å²) in [7, 11) is 0. The highest BCUT2D eigenvalue weighted by molar-refractivity contribution is 5.83. The number of carbonyl (C=O) groups excluding carboxylic acids is 2. The van der Waals surface area contributed by atoms with Gasteiger partial charge in [-0.15, -0.1) is 0 Å². The molecule has 3 atom stereocenters. The second-order valence-electron chi connectivity index (χ2n) is 5.74. The third-order valence-corrected chi connectivity index (χ3v) is 3.96. The number of nitrogens with one attached hydrogen (secondary N) is 2. The van der Waals surface area contributed by atoms with Gasteiger partial charge in [0.2, 0.25) is 5.91 Å².